The van der Waals surface area contributed by atoms with E-state index in [4.69, 9.17) is 14.4 Å². The predicted molar refractivity (Wildman–Crippen MR) is 123 cm³/mol. The fourth-order valence-corrected chi connectivity index (χ4v) is 4.72. The van der Waals surface area contributed by atoms with Crippen molar-refractivity contribution in [2.45, 2.75) is 31.2 Å². The number of hydrogen-bond donors (Lipinski definition) is 2. The molecular formula is C25H21N7O2. The van der Waals surface area contributed by atoms with Gasteiger partial charge in [-0.3, -0.25) is 9.78 Å². The highest BCUT2D eigenvalue weighted by Gasteiger charge is 2.41. The Bertz CT molecular complexity index is 1480. The van der Waals surface area contributed by atoms with Gasteiger partial charge in [0.1, 0.15) is 17.6 Å². The van der Waals surface area contributed by atoms with Gasteiger partial charge in [-0.05, 0) is 37.1 Å². The zero-order chi connectivity index (χ0) is 22.6. The molecule has 1 atom stereocenters. The van der Waals surface area contributed by atoms with Crippen molar-refractivity contribution in [2.75, 3.05) is 6.54 Å². The van der Waals surface area contributed by atoms with Crippen molar-refractivity contribution < 1.29 is 9.21 Å². The number of aromatic nitrogens is 6. The number of carbonyl (C=O) groups excluding carboxylic acids is 1. The largest absolute Gasteiger partial charge is 0.429 e. The van der Waals surface area contributed by atoms with Crippen molar-refractivity contribution in [3.05, 3.63) is 83.7 Å². The van der Waals surface area contributed by atoms with Gasteiger partial charge >= 0.3 is 0 Å². The molecule has 1 saturated carbocycles. The smallest absolute Gasteiger partial charge is 0.292 e. The minimum atomic E-state index is -0.453. The van der Waals surface area contributed by atoms with Crippen LogP contribution < -0.4 is 0 Å². The van der Waals surface area contributed by atoms with Crippen LogP contribution in [-0.2, 0) is 6.42 Å². The van der Waals surface area contributed by atoms with Crippen LogP contribution in [0, 0.1) is 0 Å². The van der Waals surface area contributed by atoms with E-state index in [1.807, 2.05) is 42.5 Å². The number of oxazole rings is 1. The van der Waals surface area contributed by atoms with Gasteiger partial charge in [-0.1, -0.05) is 18.2 Å². The number of amides is 1. The Balaban J connectivity index is 1.33. The number of hydrogen-bond acceptors (Lipinski definition) is 6. The number of nitrogens with zero attached hydrogens (tertiary/aromatic N) is 5. The van der Waals surface area contributed by atoms with Crippen molar-refractivity contribution in [1.82, 2.24) is 34.8 Å². The van der Waals surface area contributed by atoms with Crippen LogP contribution in [0.25, 0.3) is 22.6 Å². The molecule has 7 rings (SSSR count). The lowest BCUT2D eigenvalue weighted by Gasteiger charge is -2.33. The van der Waals surface area contributed by atoms with E-state index in [0.29, 0.717) is 36.1 Å². The maximum Gasteiger partial charge on any atom is 0.292 e. The second-order valence-electron chi connectivity index (χ2n) is 8.78. The predicted octanol–water partition coefficient (Wildman–Crippen LogP) is 4.00. The van der Waals surface area contributed by atoms with E-state index < -0.39 is 6.04 Å². The number of nitrogens with one attached hydrogen (secondary N) is 2. The number of imidazole rings is 2. The summed E-state index contributed by atoms with van der Waals surface area (Å²) in [5.41, 5.74) is 4.93. The summed E-state index contributed by atoms with van der Waals surface area (Å²) in [7, 11) is 0. The first kappa shape index (κ1) is 19.2. The van der Waals surface area contributed by atoms with Crippen LogP contribution in [0.2, 0.25) is 0 Å². The van der Waals surface area contributed by atoms with Gasteiger partial charge in [0, 0.05) is 30.8 Å². The fourth-order valence-electron chi connectivity index (χ4n) is 4.72. The molecule has 0 radical (unpaired) electrons. The Labute approximate surface area is 194 Å². The molecule has 9 nitrogen and oxygen atoms in total. The number of carbonyl (C=O) groups is 1. The van der Waals surface area contributed by atoms with Crippen LogP contribution in [-0.4, -0.2) is 47.3 Å². The van der Waals surface area contributed by atoms with Crippen molar-refractivity contribution >= 4 is 16.9 Å². The first-order valence-corrected chi connectivity index (χ1v) is 11.5. The van der Waals surface area contributed by atoms with Gasteiger partial charge in [-0.15, -0.1) is 0 Å². The van der Waals surface area contributed by atoms with E-state index in [2.05, 4.69) is 19.9 Å². The summed E-state index contributed by atoms with van der Waals surface area (Å²) in [5.74, 6) is 1.40. The molecule has 1 amide bonds. The number of para-hydroxylation sites is 2. The normalized spacial score (nSPS) is 17.8. The third-order valence-electron chi connectivity index (χ3n) is 6.55. The van der Waals surface area contributed by atoms with Crippen molar-refractivity contribution in [2.24, 2.45) is 0 Å². The summed E-state index contributed by atoms with van der Waals surface area (Å²) >= 11 is 0. The molecule has 1 fully saturated rings. The van der Waals surface area contributed by atoms with Gasteiger partial charge in [0.15, 0.2) is 0 Å². The summed E-state index contributed by atoms with van der Waals surface area (Å²) < 4.78 is 6.11. The van der Waals surface area contributed by atoms with Crippen molar-refractivity contribution in [1.29, 1.82) is 0 Å². The molecule has 1 aromatic carbocycles. The van der Waals surface area contributed by atoms with Crippen molar-refractivity contribution in [3.8, 4) is 11.6 Å². The summed E-state index contributed by atoms with van der Waals surface area (Å²) in [6.45, 7) is 0.513. The summed E-state index contributed by atoms with van der Waals surface area (Å²) in [5, 5.41) is 0. The highest BCUT2D eigenvalue weighted by Crippen LogP contribution is 2.43. The molecule has 0 unspecified atom stereocenters. The SMILES string of the molecule is O=C(c1oc(-c2ccccn2)nc1C1CC1)N1CCc2[nH]cnc2[C@H]1c1nc2ccccc2[nH]1. The molecule has 0 spiro atoms. The van der Waals surface area contributed by atoms with Gasteiger partial charge in [0.25, 0.3) is 5.91 Å². The maximum absolute atomic E-state index is 14.0. The number of benzene rings is 1. The number of pyridine rings is 1. The molecule has 0 bridgehead atoms. The van der Waals surface area contributed by atoms with Crippen LogP contribution in [0.15, 0.2) is 59.4 Å². The molecular weight excluding hydrogens is 430 g/mol. The second kappa shape index (κ2) is 7.38. The van der Waals surface area contributed by atoms with Gasteiger partial charge in [0.2, 0.25) is 11.7 Å². The molecule has 34 heavy (non-hydrogen) atoms. The number of rotatable bonds is 4. The van der Waals surface area contributed by atoms with E-state index in [1.54, 1.807) is 17.4 Å². The molecule has 2 aliphatic rings. The van der Waals surface area contributed by atoms with Gasteiger partial charge in [-0.25, -0.2) is 15.0 Å². The van der Waals surface area contributed by atoms with E-state index in [1.165, 1.54) is 0 Å². The summed E-state index contributed by atoms with van der Waals surface area (Å²) in [6.07, 6.45) is 6.06. The number of H-pyrrole nitrogens is 2. The van der Waals surface area contributed by atoms with Crippen LogP contribution in [0.4, 0.5) is 0 Å². The Morgan fingerprint density at radius 1 is 1.03 bits per heavy atom. The van der Waals surface area contributed by atoms with Gasteiger partial charge in [-0.2, -0.15) is 0 Å². The van der Waals surface area contributed by atoms with E-state index in [0.717, 1.165) is 41.0 Å². The third kappa shape index (κ3) is 3.04. The minimum absolute atomic E-state index is 0.198. The topological polar surface area (TPSA) is 117 Å². The van der Waals surface area contributed by atoms with E-state index in [-0.39, 0.29) is 11.8 Å². The molecule has 0 saturated heterocycles. The van der Waals surface area contributed by atoms with Crippen LogP contribution in [0.1, 0.15) is 58.3 Å². The zero-order valence-electron chi connectivity index (χ0n) is 18.2. The monoisotopic (exact) mass is 451 g/mol. The van der Waals surface area contributed by atoms with Crippen LogP contribution in [0.3, 0.4) is 0 Å². The molecule has 9 heteroatoms. The number of fused-ring (bicyclic) bond motifs is 2. The molecule has 2 N–H and O–H groups in total. The lowest BCUT2D eigenvalue weighted by molar-refractivity contribution is 0.0651. The summed E-state index contributed by atoms with van der Waals surface area (Å²) in [6, 6.07) is 13.0. The molecule has 4 aromatic heterocycles. The van der Waals surface area contributed by atoms with Crippen LogP contribution in [0.5, 0.6) is 0 Å². The minimum Gasteiger partial charge on any atom is -0.429 e. The second-order valence-corrected chi connectivity index (χ2v) is 8.78. The Kier molecular flexibility index (Phi) is 4.17. The first-order chi connectivity index (χ1) is 16.8. The quantitative estimate of drug-likeness (QED) is 0.427. The highest BCUT2D eigenvalue weighted by atomic mass is 16.4. The molecule has 5 aromatic rings. The third-order valence-corrected chi connectivity index (χ3v) is 6.55. The molecule has 168 valence electrons. The Hall–Kier alpha value is -4.27. The maximum atomic E-state index is 14.0. The van der Waals surface area contributed by atoms with Crippen LogP contribution >= 0.6 is 0 Å². The zero-order valence-corrected chi connectivity index (χ0v) is 18.2. The Morgan fingerprint density at radius 3 is 2.74 bits per heavy atom. The highest BCUT2D eigenvalue weighted by molar-refractivity contribution is 5.94. The average Bonchev–Trinajstić information content (AvgIpc) is 3.28. The fraction of sp³-hybridized carbons (Fsp3) is 0.240. The van der Waals surface area contributed by atoms with E-state index in [9.17, 15) is 4.79 Å². The molecule has 1 aliphatic heterocycles. The van der Waals surface area contributed by atoms with E-state index >= 15 is 0 Å². The molecule has 1 aliphatic carbocycles. The van der Waals surface area contributed by atoms with Gasteiger partial charge in [0.05, 0.1) is 28.7 Å². The number of aromatic amines is 2. The first-order valence-electron chi connectivity index (χ1n) is 11.5. The average molecular weight is 451 g/mol. The standard InChI is InChI=1S/C25H21N7O2/c33-25(22-19(14-8-9-14)31-24(34-22)18-7-3-4-11-26-18)32-12-10-17-20(28-13-27-17)21(32)23-29-15-5-1-2-6-16(15)30-23/h1-7,11,13-14,21H,8-10,12H2,(H,27,28)(H,29,30)/t21-/m0/s1. The lowest BCUT2D eigenvalue weighted by atomic mass is 10.0. The van der Waals surface area contributed by atoms with Crippen molar-refractivity contribution in [3.63, 3.8) is 0 Å². The van der Waals surface area contributed by atoms with Gasteiger partial charge < -0.3 is 19.3 Å². The summed E-state index contributed by atoms with van der Waals surface area (Å²) in [4.78, 5) is 40.9. The molecule has 5 heterocycles. The lowest BCUT2D eigenvalue weighted by Crippen LogP contribution is -2.41. The Morgan fingerprint density at radius 2 is 1.91 bits per heavy atom.